The maximum Gasteiger partial charge on any atom is 0.119 e. The van der Waals surface area contributed by atoms with Gasteiger partial charge in [-0.25, -0.2) is 0 Å². The zero-order valence-electron chi connectivity index (χ0n) is 20.5. The van der Waals surface area contributed by atoms with Crippen LogP contribution in [-0.2, 0) is 12.8 Å². The van der Waals surface area contributed by atoms with Gasteiger partial charge in [0.15, 0.2) is 0 Å². The Hall–Kier alpha value is -2.12. The lowest BCUT2D eigenvalue weighted by molar-refractivity contribution is 0.0518. The van der Waals surface area contributed by atoms with Gasteiger partial charge >= 0.3 is 0 Å². The van der Waals surface area contributed by atoms with Crippen molar-refractivity contribution >= 4 is 0 Å². The van der Waals surface area contributed by atoms with Crippen LogP contribution in [0.25, 0.3) is 0 Å². The van der Waals surface area contributed by atoms with Gasteiger partial charge in [-0.15, -0.1) is 0 Å². The molecule has 0 bridgehead atoms. The highest BCUT2D eigenvalue weighted by Gasteiger charge is 2.62. The van der Waals surface area contributed by atoms with Crippen molar-refractivity contribution in [3.05, 3.63) is 58.7 Å². The van der Waals surface area contributed by atoms with Crippen LogP contribution < -0.4 is 30.7 Å². The predicted octanol–water partition coefficient (Wildman–Crippen LogP) is 3.02. The lowest BCUT2D eigenvalue weighted by atomic mass is 9.63. The molecule has 2 aliphatic heterocycles. The van der Waals surface area contributed by atoms with Crippen LogP contribution in [0.2, 0.25) is 0 Å². The van der Waals surface area contributed by atoms with Crippen LogP contribution >= 0.6 is 0 Å². The molecule has 2 aromatic carbocycles. The van der Waals surface area contributed by atoms with Crippen molar-refractivity contribution < 1.29 is 9.47 Å². The van der Waals surface area contributed by atoms with Gasteiger partial charge in [0.2, 0.25) is 0 Å². The molecular weight excluding hydrogens is 424 g/mol. The summed E-state index contributed by atoms with van der Waals surface area (Å²) in [5.74, 6) is 2.62. The number of aryl methyl sites for hydroxylation is 2. The summed E-state index contributed by atoms with van der Waals surface area (Å²) < 4.78 is 11.2. The van der Waals surface area contributed by atoms with Gasteiger partial charge in [0.1, 0.15) is 22.8 Å². The lowest BCUT2D eigenvalue weighted by Gasteiger charge is -2.56. The van der Waals surface area contributed by atoms with E-state index in [9.17, 15) is 0 Å². The van der Waals surface area contributed by atoms with E-state index in [0.717, 1.165) is 56.9 Å². The van der Waals surface area contributed by atoms with E-state index in [1.165, 1.54) is 41.5 Å². The van der Waals surface area contributed by atoms with E-state index in [2.05, 4.69) is 57.7 Å². The first-order valence-corrected chi connectivity index (χ1v) is 13.0. The SMILES string of the molecule is COc1ccc2c(c1)CCCC2C1(C2(C3CCCc4ccc(OC)cc43)NCCN2)NCCN1. The monoisotopic (exact) mass is 462 g/mol. The Labute approximate surface area is 203 Å². The second-order valence-corrected chi connectivity index (χ2v) is 10.3. The maximum absolute atomic E-state index is 5.68. The normalized spacial score (nSPS) is 27.1. The van der Waals surface area contributed by atoms with Crippen LogP contribution in [0.3, 0.4) is 0 Å². The van der Waals surface area contributed by atoms with Crippen LogP contribution in [0.1, 0.15) is 59.8 Å². The summed E-state index contributed by atoms with van der Waals surface area (Å²) in [7, 11) is 3.54. The van der Waals surface area contributed by atoms with E-state index in [0.29, 0.717) is 11.8 Å². The van der Waals surface area contributed by atoms with E-state index in [-0.39, 0.29) is 11.3 Å². The molecular formula is C28H38N4O2. The Balaban J connectivity index is 1.50. The molecule has 182 valence electrons. The molecule has 2 atom stereocenters. The first kappa shape index (κ1) is 22.4. The number of benzene rings is 2. The largest absolute Gasteiger partial charge is 0.497 e. The van der Waals surface area contributed by atoms with Gasteiger partial charge < -0.3 is 9.47 Å². The maximum atomic E-state index is 5.68. The fraction of sp³-hybridized carbons (Fsp3) is 0.571. The number of fused-ring (bicyclic) bond motifs is 2. The van der Waals surface area contributed by atoms with Crippen molar-refractivity contribution in [1.29, 1.82) is 0 Å². The minimum absolute atomic E-state index is 0.282. The summed E-state index contributed by atoms with van der Waals surface area (Å²) in [5.41, 5.74) is 5.23. The Kier molecular flexibility index (Phi) is 5.80. The molecule has 2 saturated heterocycles. The Morgan fingerprint density at radius 3 is 1.79 bits per heavy atom. The predicted molar refractivity (Wildman–Crippen MR) is 135 cm³/mol. The van der Waals surface area contributed by atoms with Crippen LogP contribution in [0.4, 0.5) is 0 Å². The molecule has 2 unspecified atom stereocenters. The zero-order chi connectivity index (χ0) is 23.2. The summed E-state index contributed by atoms with van der Waals surface area (Å²) in [6, 6.07) is 13.4. The van der Waals surface area contributed by atoms with Gasteiger partial charge in [0.25, 0.3) is 0 Å². The third-order valence-corrected chi connectivity index (χ3v) is 8.86. The summed E-state index contributed by atoms with van der Waals surface area (Å²) in [6.45, 7) is 3.90. The molecule has 0 aromatic heterocycles. The second-order valence-electron chi connectivity index (χ2n) is 10.3. The summed E-state index contributed by atoms with van der Waals surface area (Å²) in [4.78, 5) is 0. The number of hydrogen-bond donors (Lipinski definition) is 4. The quantitative estimate of drug-likeness (QED) is 0.548. The minimum atomic E-state index is -0.287. The molecule has 0 saturated carbocycles. The van der Waals surface area contributed by atoms with Crippen LogP contribution in [0.15, 0.2) is 36.4 Å². The smallest absolute Gasteiger partial charge is 0.119 e. The molecule has 6 nitrogen and oxygen atoms in total. The Morgan fingerprint density at radius 1 is 0.647 bits per heavy atom. The van der Waals surface area contributed by atoms with E-state index in [4.69, 9.17) is 9.47 Å². The first-order valence-electron chi connectivity index (χ1n) is 13.0. The highest BCUT2D eigenvalue weighted by atomic mass is 16.5. The van der Waals surface area contributed by atoms with E-state index in [1.807, 2.05) is 0 Å². The molecule has 2 aliphatic carbocycles. The summed E-state index contributed by atoms with van der Waals surface area (Å²) in [5, 5.41) is 16.2. The number of hydrogen-bond acceptors (Lipinski definition) is 6. The highest BCUT2D eigenvalue weighted by Crippen LogP contribution is 2.51. The lowest BCUT2D eigenvalue weighted by Crippen LogP contribution is -2.79. The molecule has 6 rings (SSSR count). The standard InChI is InChI=1S/C28H38N4O2/c1-33-21-11-12-23-20(17-21)6-4-7-25(23)27(29-13-14-30-27)28(31-15-16-32-28)26-8-3-5-19-9-10-22(34-2)18-24(19)26/h9-12,17-18,25-26,29-32H,3-8,13-16H2,1-2H3. The van der Waals surface area contributed by atoms with Crippen molar-refractivity contribution in [2.75, 3.05) is 40.4 Å². The second kappa shape index (κ2) is 8.83. The molecule has 2 aromatic rings. The number of methoxy groups -OCH3 is 2. The molecule has 2 heterocycles. The van der Waals surface area contributed by atoms with Crippen LogP contribution in [-0.4, -0.2) is 51.7 Å². The molecule has 4 aliphatic rings. The van der Waals surface area contributed by atoms with Gasteiger partial charge in [0.05, 0.1) is 14.2 Å². The molecule has 2 fully saturated rings. The Bertz CT molecular complexity index is 1040. The highest BCUT2D eigenvalue weighted by molar-refractivity contribution is 5.46. The van der Waals surface area contributed by atoms with Crippen molar-refractivity contribution in [1.82, 2.24) is 21.3 Å². The van der Waals surface area contributed by atoms with Crippen molar-refractivity contribution in [2.24, 2.45) is 0 Å². The fourth-order valence-electron chi connectivity index (χ4n) is 7.49. The van der Waals surface area contributed by atoms with Gasteiger partial charge in [-0.3, -0.25) is 21.3 Å². The zero-order valence-corrected chi connectivity index (χ0v) is 20.5. The van der Waals surface area contributed by atoms with Crippen LogP contribution in [0, 0.1) is 0 Å². The molecule has 0 radical (unpaired) electrons. The average Bonchev–Trinajstić information content (AvgIpc) is 3.59. The Morgan fingerprint density at radius 2 is 1.18 bits per heavy atom. The molecule has 0 spiro atoms. The van der Waals surface area contributed by atoms with Gasteiger partial charge in [-0.05, 0) is 85.0 Å². The van der Waals surface area contributed by atoms with Crippen LogP contribution in [0.5, 0.6) is 11.5 Å². The fourth-order valence-corrected chi connectivity index (χ4v) is 7.49. The van der Waals surface area contributed by atoms with E-state index >= 15 is 0 Å². The summed E-state index contributed by atoms with van der Waals surface area (Å²) in [6.07, 6.45) is 7.00. The molecule has 4 N–H and O–H groups in total. The average molecular weight is 463 g/mol. The minimum Gasteiger partial charge on any atom is -0.497 e. The number of ether oxygens (including phenoxy) is 2. The van der Waals surface area contributed by atoms with Crippen molar-refractivity contribution in [3.63, 3.8) is 0 Å². The van der Waals surface area contributed by atoms with Crippen molar-refractivity contribution in [2.45, 2.75) is 61.7 Å². The third-order valence-electron chi connectivity index (χ3n) is 8.86. The summed E-state index contributed by atoms with van der Waals surface area (Å²) >= 11 is 0. The van der Waals surface area contributed by atoms with E-state index in [1.54, 1.807) is 14.2 Å². The molecule has 6 heteroatoms. The molecule has 34 heavy (non-hydrogen) atoms. The van der Waals surface area contributed by atoms with Gasteiger partial charge in [-0.1, -0.05) is 12.1 Å². The number of rotatable bonds is 5. The molecule has 0 amide bonds. The van der Waals surface area contributed by atoms with E-state index < -0.39 is 0 Å². The topological polar surface area (TPSA) is 66.6 Å². The first-order chi connectivity index (χ1) is 16.7. The van der Waals surface area contributed by atoms with Crippen molar-refractivity contribution in [3.8, 4) is 11.5 Å². The number of nitrogens with one attached hydrogen (secondary N) is 4. The third kappa shape index (κ3) is 3.30. The van der Waals surface area contributed by atoms with Gasteiger partial charge in [-0.2, -0.15) is 0 Å². The van der Waals surface area contributed by atoms with Gasteiger partial charge in [0, 0.05) is 38.0 Å².